The average Bonchev–Trinajstić information content (AvgIpc) is 2.50. The van der Waals surface area contributed by atoms with Gasteiger partial charge in [0.25, 0.3) is 0 Å². The molecule has 0 atom stereocenters. The summed E-state index contributed by atoms with van der Waals surface area (Å²) in [5.74, 6) is -0.731. The van der Waals surface area contributed by atoms with E-state index >= 15 is 0 Å². The molecular formula is C7H10O2. The van der Waals surface area contributed by atoms with Gasteiger partial charge in [-0.05, 0) is 19.3 Å². The van der Waals surface area contributed by atoms with Gasteiger partial charge >= 0.3 is 5.97 Å². The first-order valence-electron chi connectivity index (χ1n) is 3.20. The topological polar surface area (TPSA) is 37.3 Å². The lowest BCUT2D eigenvalue weighted by atomic mass is 10.2. The van der Waals surface area contributed by atoms with Crippen molar-refractivity contribution in [2.24, 2.45) is 0 Å². The van der Waals surface area contributed by atoms with Gasteiger partial charge in [-0.15, -0.1) is 0 Å². The van der Waals surface area contributed by atoms with E-state index in [4.69, 9.17) is 5.11 Å². The van der Waals surface area contributed by atoms with Gasteiger partial charge in [0.15, 0.2) is 0 Å². The molecule has 0 bridgehead atoms. The van der Waals surface area contributed by atoms with Gasteiger partial charge in [0.05, 0.1) is 0 Å². The van der Waals surface area contributed by atoms with Gasteiger partial charge in [0, 0.05) is 5.57 Å². The molecule has 1 fully saturated rings. The van der Waals surface area contributed by atoms with Crippen LogP contribution in [-0.4, -0.2) is 11.1 Å². The molecule has 0 heterocycles. The highest BCUT2D eigenvalue weighted by atomic mass is 16.4. The van der Waals surface area contributed by atoms with Crippen molar-refractivity contribution in [2.75, 3.05) is 0 Å². The Kier molecular flexibility index (Phi) is 1.56. The van der Waals surface area contributed by atoms with Crippen LogP contribution in [0.25, 0.3) is 0 Å². The fourth-order valence-electron chi connectivity index (χ4n) is 0.917. The second-order valence-corrected chi connectivity index (χ2v) is 2.24. The smallest absolute Gasteiger partial charge is 0.331 e. The largest absolute Gasteiger partial charge is 0.478 e. The van der Waals surface area contributed by atoms with Gasteiger partial charge < -0.3 is 5.11 Å². The second-order valence-electron chi connectivity index (χ2n) is 2.24. The monoisotopic (exact) mass is 126 g/mol. The molecule has 50 valence electrons. The van der Waals surface area contributed by atoms with E-state index in [2.05, 4.69) is 0 Å². The third-order valence-corrected chi connectivity index (χ3v) is 1.54. The zero-order valence-corrected chi connectivity index (χ0v) is 5.48. The Hall–Kier alpha value is -0.790. The zero-order valence-electron chi connectivity index (χ0n) is 5.48. The van der Waals surface area contributed by atoms with Gasteiger partial charge in [-0.3, -0.25) is 0 Å². The van der Waals surface area contributed by atoms with Crippen LogP contribution in [0.5, 0.6) is 0 Å². The van der Waals surface area contributed by atoms with E-state index in [-0.39, 0.29) is 0 Å². The maximum Gasteiger partial charge on any atom is 0.331 e. The molecule has 0 aromatic heterocycles. The maximum absolute atomic E-state index is 10.4. The van der Waals surface area contributed by atoms with Crippen LogP contribution in [-0.2, 0) is 4.79 Å². The highest BCUT2D eigenvalue weighted by Gasteiger charge is 2.20. The van der Waals surface area contributed by atoms with Crippen LogP contribution in [0.3, 0.4) is 0 Å². The summed E-state index contributed by atoms with van der Waals surface area (Å²) in [6.45, 7) is 1.88. The first kappa shape index (κ1) is 6.33. The number of rotatable bonds is 2. The van der Waals surface area contributed by atoms with E-state index in [0.29, 0.717) is 12.0 Å². The van der Waals surface area contributed by atoms with Crippen LogP contribution in [0.2, 0.25) is 0 Å². The Morgan fingerprint density at radius 1 is 1.67 bits per heavy atom. The van der Waals surface area contributed by atoms with Crippen LogP contribution in [0.1, 0.15) is 26.2 Å². The van der Waals surface area contributed by atoms with Crippen LogP contribution in [0, 0.1) is 0 Å². The Morgan fingerprint density at radius 2 is 2.22 bits per heavy atom. The first-order valence-corrected chi connectivity index (χ1v) is 3.20. The van der Waals surface area contributed by atoms with Crippen LogP contribution >= 0.6 is 0 Å². The molecule has 0 spiro atoms. The van der Waals surface area contributed by atoms with Crippen molar-refractivity contribution in [3.05, 3.63) is 11.1 Å². The van der Waals surface area contributed by atoms with Crippen molar-refractivity contribution < 1.29 is 9.90 Å². The standard InChI is InChI=1S/C7H10O2/c1-2-6(7(8)9)5-3-4-5/h2-4H2,1H3,(H,8,9). The molecule has 0 aromatic carbocycles. The summed E-state index contributed by atoms with van der Waals surface area (Å²) in [7, 11) is 0. The molecule has 1 rings (SSSR count). The minimum atomic E-state index is -0.731. The molecular weight excluding hydrogens is 116 g/mol. The summed E-state index contributed by atoms with van der Waals surface area (Å²) in [6.07, 6.45) is 2.69. The molecule has 9 heavy (non-hydrogen) atoms. The summed E-state index contributed by atoms with van der Waals surface area (Å²) < 4.78 is 0. The molecule has 1 aliphatic rings. The Balaban J connectivity index is 2.71. The lowest BCUT2D eigenvalue weighted by molar-refractivity contribution is -0.132. The van der Waals surface area contributed by atoms with Crippen LogP contribution < -0.4 is 0 Å². The molecule has 0 aromatic rings. The molecule has 2 nitrogen and oxygen atoms in total. The summed E-state index contributed by atoms with van der Waals surface area (Å²) in [5.41, 5.74) is 1.78. The van der Waals surface area contributed by atoms with Crippen molar-refractivity contribution >= 4 is 5.97 Å². The molecule has 0 amide bonds. The average molecular weight is 126 g/mol. The van der Waals surface area contributed by atoms with Gasteiger partial charge in [0.1, 0.15) is 0 Å². The molecule has 0 unspecified atom stereocenters. The van der Waals surface area contributed by atoms with Crippen LogP contribution in [0.4, 0.5) is 0 Å². The SMILES string of the molecule is CCC(C(=O)O)=C1CC1. The number of carboxylic acid groups (broad SMARTS) is 1. The summed E-state index contributed by atoms with van der Waals surface area (Å²) >= 11 is 0. The van der Waals surface area contributed by atoms with Crippen LogP contribution in [0.15, 0.2) is 11.1 Å². The molecule has 0 aliphatic heterocycles. The third-order valence-electron chi connectivity index (χ3n) is 1.54. The predicted octanol–water partition coefficient (Wildman–Crippen LogP) is 1.57. The van der Waals surface area contributed by atoms with Gasteiger partial charge in [0.2, 0.25) is 0 Å². The van der Waals surface area contributed by atoms with E-state index in [1.807, 2.05) is 6.92 Å². The molecule has 0 radical (unpaired) electrons. The van der Waals surface area contributed by atoms with Crippen molar-refractivity contribution in [3.8, 4) is 0 Å². The first-order chi connectivity index (χ1) is 4.25. The van der Waals surface area contributed by atoms with Gasteiger partial charge in [-0.25, -0.2) is 4.79 Å². The fourth-order valence-corrected chi connectivity index (χ4v) is 0.917. The van der Waals surface area contributed by atoms with Crippen molar-refractivity contribution in [3.63, 3.8) is 0 Å². The second kappa shape index (κ2) is 2.21. The van der Waals surface area contributed by atoms with Crippen molar-refractivity contribution in [1.82, 2.24) is 0 Å². The van der Waals surface area contributed by atoms with Crippen molar-refractivity contribution in [2.45, 2.75) is 26.2 Å². The quantitative estimate of drug-likeness (QED) is 0.570. The lowest BCUT2D eigenvalue weighted by Gasteiger charge is -1.92. The number of hydrogen-bond donors (Lipinski definition) is 1. The summed E-state index contributed by atoms with van der Waals surface area (Å²) in [6, 6.07) is 0. The highest BCUT2D eigenvalue weighted by Crippen LogP contribution is 2.32. The predicted molar refractivity (Wildman–Crippen MR) is 34.2 cm³/mol. The number of aliphatic carboxylic acids is 1. The number of carboxylic acids is 1. The fraction of sp³-hybridized carbons (Fsp3) is 0.571. The maximum atomic E-state index is 10.4. The van der Waals surface area contributed by atoms with Crippen molar-refractivity contribution in [1.29, 1.82) is 0 Å². The van der Waals surface area contributed by atoms with Gasteiger partial charge in [-0.1, -0.05) is 12.5 Å². The molecule has 0 saturated heterocycles. The number of allylic oxidation sites excluding steroid dienone is 1. The van der Waals surface area contributed by atoms with E-state index in [1.165, 1.54) is 0 Å². The minimum absolute atomic E-state index is 0.634. The van der Waals surface area contributed by atoms with Gasteiger partial charge in [-0.2, -0.15) is 0 Å². The molecule has 1 N–H and O–H groups in total. The molecule has 1 aliphatic carbocycles. The molecule has 2 heteroatoms. The minimum Gasteiger partial charge on any atom is -0.478 e. The van der Waals surface area contributed by atoms with E-state index in [0.717, 1.165) is 18.4 Å². The Bertz CT molecular complexity index is 162. The Labute approximate surface area is 54.2 Å². The third kappa shape index (κ3) is 1.31. The van der Waals surface area contributed by atoms with E-state index in [9.17, 15) is 4.79 Å². The summed E-state index contributed by atoms with van der Waals surface area (Å²) in [5, 5.41) is 8.53. The zero-order chi connectivity index (χ0) is 6.85. The number of carbonyl (C=O) groups is 1. The van der Waals surface area contributed by atoms with E-state index in [1.54, 1.807) is 0 Å². The normalized spacial score (nSPS) is 15.4. The van der Waals surface area contributed by atoms with E-state index < -0.39 is 5.97 Å². The lowest BCUT2D eigenvalue weighted by Crippen LogP contribution is -1.98. The Morgan fingerprint density at radius 3 is 2.33 bits per heavy atom. The summed E-state index contributed by atoms with van der Waals surface area (Å²) in [4.78, 5) is 10.4. The number of hydrogen-bond acceptors (Lipinski definition) is 1. The molecule has 1 saturated carbocycles. The highest BCUT2D eigenvalue weighted by molar-refractivity contribution is 5.88.